The highest BCUT2D eigenvalue weighted by molar-refractivity contribution is 5.97. The van der Waals surface area contributed by atoms with E-state index in [9.17, 15) is 24.0 Å². The smallest absolute Gasteiger partial charge is 0.248 e. The molecule has 1 aliphatic heterocycles. The van der Waals surface area contributed by atoms with Crippen molar-refractivity contribution < 1.29 is 24.0 Å². The van der Waals surface area contributed by atoms with Crippen molar-refractivity contribution >= 4 is 24.0 Å². The lowest BCUT2D eigenvalue weighted by molar-refractivity contribution is -0.156. The maximum Gasteiger partial charge on any atom is 0.248 e. The molecular formula is C19H29FN4O4. The van der Waals surface area contributed by atoms with Crippen molar-refractivity contribution in [1.82, 2.24) is 14.9 Å². The molecule has 2 rings (SSSR count). The summed E-state index contributed by atoms with van der Waals surface area (Å²) >= 11 is 0. The Kier molecular flexibility index (Phi) is 10.1. The van der Waals surface area contributed by atoms with Crippen LogP contribution in [0.5, 0.6) is 0 Å². The highest BCUT2D eigenvalue weighted by atomic mass is 19.1. The van der Waals surface area contributed by atoms with Crippen molar-refractivity contribution in [3.8, 4) is 0 Å². The number of hydrogen-bond acceptors (Lipinski definition) is 5. The SMILES string of the molecule is CCCC.C[C@H](CN(O)C=O)C(=O)N1CCC[C@H]1C(=O)Nc1ccc(F)cn1. The van der Waals surface area contributed by atoms with E-state index in [-0.39, 0.29) is 24.7 Å². The quantitative estimate of drug-likeness (QED) is 0.419. The van der Waals surface area contributed by atoms with E-state index in [1.807, 2.05) is 0 Å². The van der Waals surface area contributed by atoms with Gasteiger partial charge in [0.1, 0.15) is 17.7 Å². The predicted octanol–water partition coefficient (Wildman–Crippen LogP) is 2.44. The van der Waals surface area contributed by atoms with E-state index < -0.39 is 23.7 Å². The second kappa shape index (κ2) is 12.0. The molecule has 2 N–H and O–H groups in total. The van der Waals surface area contributed by atoms with E-state index in [0.717, 1.165) is 6.20 Å². The van der Waals surface area contributed by atoms with E-state index >= 15 is 0 Å². The van der Waals surface area contributed by atoms with Crippen LogP contribution in [0.3, 0.4) is 0 Å². The molecule has 1 aliphatic rings. The molecule has 1 saturated heterocycles. The topological polar surface area (TPSA) is 103 Å². The summed E-state index contributed by atoms with van der Waals surface area (Å²) in [4.78, 5) is 40.4. The number of hydrogen-bond donors (Lipinski definition) is 2. The number of carbonyl (C=O) groups is 3. The first kappa shape index (κ1) is 23.5. The Morgan fingerprint density at radius 2 is 2.11 bits per heavy atom. The van der Waals surface area contributed by atoms with Crippen LogP contribution < -0.4 is 5.32 Å². The van der Waals surface area contributed by atoms with Gasteiger partial charge in [0.25, 0.3) is 0 Å². The van der Waals surface area contributed by atoms with Gasteiger partial charge >= 0.3 is 0 Å². The Labute approximate surface area is 164 Å². The summed E-state index contributed by atoms with van der Waals surface area (Å²) in [7, 11) is 0. The molecule has 1 aromatic rings. The number of carbonyl (C=O) groups excluding carboxylic acids is 3. The Bertz CT molecular complexity index is 639. The Balaban J connectivity index is 0.000000892. The molecule has 8 nitrogen and oxygen atoms in total. The molecule has 2 heterocycles. The van der Waals surface area contributed by atoms with E-state index in [1.54, 1.807) is 6.92 Å². The monoisotopic (exact) mass is 396 g/mol. The average Bonchev–Trinajstić information content (AvgIpc) is 3.19. The standard InChI is InChI=1S/C15H19FN4O4.C4H10/c1-10(8-19(24)9-21)15(23)20-6-2-3-12(20)14(22)18-13-5-4-11(16)7-17-13;1-3-4-2/h4-5,7,9-10,12,24H,2-3,6,8H2,1H3,(H,17,18,22);3-4H2,1-2H3/t10-,12+;/m1./s1. The molecular weight excluding hydrogens is 367 g/mol. The zero-order chi connectivity index (χ0) is 21.1. The van der Waals surface area contributed by atoms with Crippen LogP contribution in [-0.4, -0.2) is 57.5 Å². The Morgan fingerprint density at radius 1 is 1.43 bits per heavy atom. The maximum absolute atomic E-state index is 12.8. The van der Waals surface area contributed by atoms with Crippen molar-refractivity contribution in [2.75, 3.05) is 18.4 Å². The van der Waals surface area contributed by atoms with Crippen molar-refractivity contribution in [3.05, 3.63) is 24.1 Å². The summed E-state index contributed by atoms with van der Waals surface area (Å²) in [5, 5.41) is 12.1. The van der Waals surface area contributed by atoms with Gasteiger partial charge < -0.3 is 10.2 Å². The number of hydroxylamine groups is 2. The first-order valence-electron chi connectivity index (χ1n) is 9.47. The minimum absolute atomic E-state index is 0.146. The third-order valence-electron chi connectivity index (χ3n) is 4.32. The van der Waals surface area contributed by atoms with Crippen LogP contribution in [-0.2, 0) is 14.4 Å². The number of amides is 3. The van der Waals surface area contributed by atoms with Gasteiger partial charge in [0, 0.05) is 6.54 Å². The number of anilines is 1. The predicted molar refractivity (Wildman–Crippen MR) is 102 cm³/mol. The van der Waals surface area contributed by atoms with Gasteiger partial charge in [-0.3, -0.25) is 19.6 Å². The summed E-state index contributed by atoms with van der Waals surface area (Å²) in [5.41, 5.74) is 0. The molecule has 0 aliphatic carbocycles. The minimum Gasteiger partial charge on any atom is -0.330 e. The number of unbranched alkanes of at least 4 members (excludes halogenated alkanes) is 1. The normalized spacial score (nSPS) is 16.6. The van der Waals surface area contributed by atoms with Crippen LogP contribution in [0.15, 0.2) is 18.3 Å². The molecule has 0 bridgehead atoms. The van der Waals surface area contributed by atoms with E-state index in [1.165, 1.54) is 29.9 Å². The molecule has 0 spiro atoms. The number of aromatic nitrogens is 1. The molecule has 0 radical (unpaired) electrons. The summed E-state index contributed by atoms with van der Waals surface area (Å²) in [6.45, 7) is 6.21. The van der Waals surface area contributed by atoms with Gasteiger partial charge in [-0.1, -0.05) is 33.6 Å². The van der Waals surface area contributed by atoms with Crippen molar-refractivity contribution in [2.24, 2.45) is 5.92 Å². The van der Waals surface area contributed by atoms with Gasteiger partial charge in [0.15, 0.2) is 0 Å². The Hall–Kier alpha value is -2.55. The van der Waals surface area contributed by atoms with Gasteiger partial charge in [-0.2, -0.15) is 0 Å². The lowest BCUT2D eigenvalue weighted by Crippen LogP contribution is -2.47. The first-order chi connectivity index (χ1) is 13.3. The highest BCUT2D eigenvalue weighted by Crippen LogP contribution is 2.21. The molecule has 0 unspecified atom stereocenters. The molecule has 1 aromatic heterocycles. The van der Waals surface area contributed by atoms with Crippen molar-refractivity contribution in [3.63, 3.8) is 0 Å². The first-order valence-corrected chi connectivity index (χ1v) is 9.47. The molecule has 2 atom stereocenters. The third kappa shape index (κ3) is 7.22. The highest BCUT2D eigenvalue weighted by Gasteiger charge is 2.36. The second-order valence-corrected chi connectivity index (χ2v) is 6.67. The molecule has 156 valence electrons. The lowest BCUT2D eigenvalue weighted by atomic mass is 10.1. The molecule has 0 saturated carbocycles. The lowest BCUT2D eigenvalue weighted by Gasteiger charge is -2.27. The molecule has 1 fully saturated rings. The number of halogens is 1. The van der Waals surface area contributed by atoms with E-state index in [2.05, 4.69) is 24.1 Å². The van der Waals surface area contributed by atoms with Gasteiger partial charge in [0.2, 0.25) is 18.2 Å². The zero-order valence-electron chi connectivity index (χ0n) is 16.6. The van der Waals surface area contributed by atoms with Gasteiger partial charge in [0.05, 0.1) is 18.7 Å². The third-order valence-corrected chi connectivity index (χ3v) is 4.32. The zero-order valence-corrected chi connectivity index (χ0v) is 16.6. The van der Waals surface area contributed by atoms with Gasteiger partial charge in [-0.15, -0.1) is 0 Å². The fourth-order valence-corrected chi connectivity index (χ4v) is 2.65. The van der Waals surface area contributed by atoms with Crippen LogP contribution in [0.2, 0.25) is 0 Å². The molecule has 3 amide bonds. The molecule has 0 aromatic carbocycles. The van der Waals surface area contributed by atoms with Crippen molar-refractivity contribution in [1.29, 1.82) is 0 Å². The second-order valence-electron chi connectivity index (χ2n) is 6.67. The maximum atomic E-state index is 12.8. The van der Waals surface area contributed by atoms with Crippen LogP contribution in [0.4, 0.5) is 10.2 Å². The van der Waals surface area contributed by atoms with E-state index in [4.69, 9.17) is 0 Å². The summed E-state index contributed by atoms with van der Waals surface area (Å²) in [6, 6.07) is 1.86. The van der Waals surface area contributed by atoms with Crippen LogP contribution >= 0.6 is 0 Å². The van der Waals surface area contributed by atoms with Crippen LogP contribution in [0, 0.1) is 11.7 Å². The van der Waals surface area contributed by atoms with Crippen molar-refractivity contribution in [2.45, 2.75) is 52.5 Å². The average molecular weight is 396 g/mol. The van der Waals surface area contributed by atoms with Gasteiger partial charge in [-0.25, -0.2) is 14.4 Å². The summed E-state index contributed by atoms with van der Waals surface area (Å²) in [5.74, 6) is -1.67. The minimum atomic E-state index is -0.657. The van der Waals surface area contributed by atoms with E-state index in [0.29, 0.717) is 24.4 Å². The van der Waals surface area contributed by atoms with Crippen LogP contribution in [0.1, 0.15) is 46.5 Å². The largest absolute Gasteiger partial charge is 0.330 e. The number of pyridine rings is 1. The van der Waals surface area contributed by atoms with Gasteiger partial charge in [-0.05, 0) is 25.0 Å². The number of rotatable bonds is 7. The number of likely N-dealkylation sites (tertiary alicyclic amines) is 1. The number of nitrogens with zero attached hydrogens (tertiary/aromatic N) is 3. The fourth-order valence-electron chi connectivity index (χ4n) is 2.65. The number of nitrogens with one attached hydrogen (secondary N) is 1. The Morgan fingerprint density at radius 3 is 2.64 bits per heavy atom. The van der Waals surface area contributed by atoms with Crippen LogP contribution in [0.25, 0.3) is 0 Å². The molecule has 28 heavy (non-hydrogen) atoms. The fraction of sp³-hybridized carbons (Fsp3) is 0.579. The summed E-state index contributed by atoms with van der Waals surface area (Å²) < 4.78 is 12.8. The summed E-state index contributed by atoms with van der Waals surface area (Å²) in [6.07, 6.45) is 5.02. The molecule has 9 heteroatoms.